The van der Waals surface area contributed by atoms with Gasteiger partial charge in [0.05, 0.1) is 26.7 Å². The molecule has 1 fully saturated rings. The first kappa shape index (κ1) is 5.10. The zero-order chi connectivity index (χ0) is 5.49. The molecule has 1 nitrogen and oxygen atoms in total. The lowest BCUT2D eigenvalue weighted by Crippen LogP contribution is -2.57. The lowest BCUT2D eigenvalue weighted by Gasteiger charge is -2.44. The Morgan fingerprint density at radius 1 is 1.43 bits per heavy atom. The van der Waals surface area contributed by atoms with E-state index in [0.29, 0.717) is 0 Å². The van der Waals surface area contributed by atoms with Crippen LogP contribution in [0.4, 0.5) is 0 Å². The van der Waals surface area contributed by atoms with Gasteiger partial charge >= 0.3 is 0 Å². The molecule has 1 saturated heterocycles. The van der Waals surface area contributed by atoms with Gasteiger partial charge in [0.15, 0.2) is 0 Å². The van der Waals surface area contributed by atoms with Crippen molar-refractivity contribution in [1.82, 2.24) is 0 Å². The van der Waals surface area contributed by atoms with Crippen LogP contribution in [0.1, 0.15) is 13.3 Å². The molecule has 0 spiro atoms. The highest BCUT2D eigenvalue weighted by atomic mass is 15.4. The summed E-state index contributed by atoms with van der Waals surface area (Å²) in [6.45, 7) is 3.69. The standard InChI is InChI=1S/C6H14N/c1-6-4-5-7(6,2)3/h6H,4-5H2,1-3H3/q+1. The third kappa shape index (κ3) is 0.653. The van der Waals surface area contributed by atoms with Gasteiger partial charge in [-0.25, -0.2) is 0 Å². The summed E-state index contributed by atoms with van der Waals surface area (Å²) in [6.07, 6.45) is 1.42. The highest BCUT2D eigenvalue weighted by molar-refractivity contribution is 4.59. The molecule has 1 aliphatic heterocycles. The van der Waals surface area contributed by atoms with Crippen LogP contribution >= 0.6 is 0 Å². The van der Waals surface area contributed by atoms with Crippen molar-refractivity contribution in [1.29, 1.82) is 0 Å². The Hall–Kier alpha value is -0.0400. The highest BCUT2D eigenvalue weighted by Crippen LogP contribution is 2.21. The number of quaternary nitrogens is 1. The maximum absolute atomic E-state index is 2.31. The second kappa shape index (κ2) is 1.22. The predicted octanol–water partition coefficient (Wildman–Crippen LogP) is 0.855. The first-order valence-electron chi connectivity index (χ1n) is 2.95. The van der Waals surface area contributed by atoms with E-state index in [1.54, 1.807) is 0 Å². The van der Waals surface area contributed by atoms with Crippen LogP contribution in [0.25, 0.3) is 0 Å². The second-order valence-corrected chi connectivity index (χ2v) is 3.14. The third-order valence-electron chi connectivity index (χ3n) is 2.32. The average molecular weight is 100 g/mol. The highest BCUT2D eigenvalue weighted by Gasteiger charge is 2.33. The summed E-state index contributed by atoms with van der Waals surface area (Å²) in [5, 5.41) is 0. The molecule has 1 heteroatoms. The topological polar surface area (TPSA) is 0 Å². The Morgan fingerprint density at radius 3 is 1.86 bits per heavy atom. The van der Waals surface area contributed by atoms with Crippen molar-refractivity contribution in [2.75, 3.05) is 20.6 Å². The average Bonchev–Trinajstić information content (AvgIpc) is 1.63. The van der Waals surface area contributed by atoms with E-state index in [4.69, 9.17) is 0 Å². The quantitative estimate of drug-likeness (QED) is 0.396. The van der Waals surface area contributed by atoms with E-state index in [-0.39, 0.29) is 0 Å². The molecule has 0 aromatic carbocycles. The molecule has 0 saturated carbocycles. The number of nitrogens with zero attached hydrogens (tertiary/aromatic N) is 1. The van der Waals surface area contributed by atoms with Crippen LogP contribution in [0.2, 0.25) is 0 Å². The van der Waals surface area contributed by atoms with Gasteiger partial charge in [-0.2, -0.15) is 0 Å². The third-order valence-corrected chi connectivity index (χ3v) is 2.32. The van der Waals surface area contributed by atoms with Gasteiger partial charge in [0.1, 0.15) is 0 Å². The van der Waals surface area contributed by atoms with Gasteiger partial charge in [-0.1, -0.05) is 0 Å². The zero-order valence-corrected chi connectivity index (χ0v) is 5.44. The van der Waals surface area contributed by atoms with Crippen LogP contribution in [0, 0.1) is 0 Å². The van der Waals surface area contributed by atoms with Crippen LogP contribution in [0.5, 0.6) is 0 Å². The lowest BCUT2D eigenvalue weighted by molar-refractivity contribution is -0.953. The normalized spacial score (nSPS) is 37.3. The largest absolute Gasteiger partial charge is 0.326 e. The minimum Gasteiger partial charge on any atom is -0.326 e. The summed E-state index contributed by atoms with van der Waals surface area (Å²) >= 11 is 0. The van der Waals surface area contributed by atoms with Crippen molar-refractivity contribution in [3.05, 3.63) is 0 Å². The maximum atomic E-state index is 2.31. The van der Waals surface area contributed by atoms with Crippen LogP contribution in [0.15, 0.2) is 0 Å². The van der Waals surface area contributed by atoms with Gasteiger partial charge < -0.3 is 4.48 Å². The van der Waals surface area contributed by atoms with Gasteiger partial charge in [0.2, 0.25) is 0 Å². The minimum atomic E-state index is 0.917. The molecule has 0 aliphatic carbocycles. The summed E-state index contributed by atoms with van der Waals surface area (Å²) in [7, 11) is 4.57. The predicted molar refractivity (Wildman–Crippen MR) is 31.1 cm³/mol. The lowest BCUT2D eigenvalue weighted by atomic mass is 10.0. The minimum absolute atomic E-state index is 0.917. The summed E-state index contributed by atoms with van der Waals surface area (Å²) in [4.78, 5) is 0. The molecular formula is C6H14N+. The molecular weight excluding hydrogens is 86.1 g/mol. The Morgan fingerprint density at radius 2 is 1.86 bits per heavy atom. The van der Waals surface area contributed by atoms with Gasteiger partial charge in [0, 0.05) is 6.42 Å². The number of likely N-dealkylation sites (tertiary alicyclic amines) is 1. The summed E-state index contributed by atoms with van der Waals surface area (Å²) in [5.74, 6) is 0. The molecule has 0 radical (unpaired) electrons. The molecule has 1 unspecified atom stereocenters. The van der Waals surface area contributed by atoms with Crippen molar-refractivity contribution >= 4 is 0 Å². The van der Waals surface area contributed by atoms with E-state index < -0.39 is 0 Å². The zero-order valence-electron chi connectivity index (χ0n) is 5.44. The van der Waals surface area contributed by atoms with Gasteiger partial charge in [-0.05, 0) is 6.92 Å². The molecule has 42 valence electrons. The van der Waals surface area contributed by atoms with Crippen molar-refractivity contribution in [2.24, 2.45) is 0 Å². The van der Waals surface area contributed by atoms with E-state index >= 15 is 0 Å². The molecule has 1 atom stereocenters. The Bertz CT molecular complexity index is 76.2. The number of hydrogen-bond acceptors (Lipinski definition) is 0. The summed E-state index contributed by atoms with van der Waals surface area (Å²) in [5.41, 5.74) is 0. The SMILES string of the molecule is CC1CC[N+]1(C)C. The fourth-order valence-corrected chi connectivity index (χ4v) is 0.904. The molecule has 1 rings (SSSR count). The Labute approximate surface area is 45.5 Å². The number of rotatable bonds is 0. The van der Waals surface area contributed by atoms with E-state index in [1.807, 2.05) is 0 Å². The summed E-state index contributed by atoms with van der Waals surface area (Å²) < 4.78 is 1.24. The van der Waals surface area contributed by atoms with Crippen LogP contribution in [-0.4, -0.2) is 31.2 Å². The fourth-order valence-electron chi connectivity index (χ4n) is 0.904. The van der Waals surface area contributed by atoms with Crippen molar-refractivity contribution in [2.45, 2.75) is 19.4 Å². The molecule has 7 heavy (non-hydrogen) atoms. The van der Waals surface area contributed by atoms with Gasteiger partial charge in [-0.3, -0.25) is 0 Å². The van der Waals surface area contributed by atoms with Crippen LogP contribution in [-0.2, 0) is 0 Å². The van der Waals surface area contributed by atoms with E-state index in [9.17, 15) is 0 Å². The maximum Gasteiger partial charge on any atom is 0.0912 e. The molecule has 0 amide bonds. The number of hydrogen-bond donors (Lipinski definition) is 0. The molecule has 1 aliphatic rings. The van der Waals surface area contributed by atoms with Crippen molar-refractivity contribution in [3.8, 4) is 0 Å². The molecule has 0 N–H and O–H groups in total. The van der Waals surface area contributed by atoms with E-state index in [0.717, 1.165) is 6.04 Å². The Kier molecular flexibility index (Phi) is 0.890. The second-order valence-electron chi connectivity index (χ2n) is 3.14. The summed E-state index contributed by atoms with van der Waals surface area (Å²) in [6, 6.07) is 0.917. The van der Waals surface area contributed by atoms with E-state index in [1.165, 1.54) is 17.4 Å². The monoisotopic (exact) mass is 100 g/mol. The van der Waals surface area contributed by atoms with Gasteiger partial charge in [0.25, 0.3) is 0 Å². The molecule has 0 aromatic heterocycles. The van der Waals surface area contributed by atoms with Crippen molar-refractivity contribution < 1.29 is 4.48 Å². The molecule has 0 aromatic rings. The van der Waals surface area contributed by atoms with Gasteiger partial charge in [-0.15, -0.1) is 0 Å². The Balaban J connectivity index is 2.43. The first-order valence-corrected chi connectivity index (χ1v) is 2.95. The van der Waals surface area contributed by atoms with E-state index in [2.05, 4.69) is 21.0 Å². The van der Waals surface area contributed by atoms with Crippen LogP contribution < -0.4 is 0 Å². The fraction of sp³-hybridized carbons (Fsp3) is 1.00. The molecule has 0 bridgehead atoms. The molecule has 1 heterocycles. The van der Waals surface area contributed by atoms with Crippen LogP contribution in [0.3, 0.4) is 0 Å². The smallest absolute Gasteiger partial charge is 0.0912 e. The first-order chi connectivity index (χ1) is 3.13. The van der Waals surface area contributed by atoms with Crippen molar-refractivity contribution in [3.63, 3.8) is 0 Å².